The van der Waals surface area contributed by atoms with Crippen molar-refractivity contribution in [3.8, 4) is 5.69 Å². The van der Waals surface area contributed by atoms with Gasteiger partial charge in [-0.3, -0.25) is 14.3 Å². The average Bonchev–Trinajstić information content (AvgIpc) is 2.74. The van der Waals surface area contributed by atoms with Crippen LogP contribution in [0.5, 0.6) is 0 Å². The Morgan fingerprint density at radius 1 is 1.26 bits per heavy atom. The Hall–Kier alpha value is -2.89. The van der Waals surface area contributed by atoms with Crippen molar-refractivity contribution in [3.05, 3.63) is 48.4 Å². The lowest BCUT2D eigenvalue weighted by molar-refractivity contribution is 0.1000. The summed E-state index contributed by atoms with van der Waals surface area (Å²) >= 11 is 0. The molecule has 0 aromatic carbocycles. The van der Waals surface area contributed by atoms with E-state index in [9.17, 15) is 4.79 Å². The lowest BCUT2D eigenvalue weighted by Crippen LogP contribution is -2.11. The van der Waals surface area contributed by atoms with Gasteiger partial charge in [0.05, 0.1) is 17.4 Å². The average molecular weight is 253 g/mol. The smallest absolute Gasteiger partial charge is 0.250 e. The summed E-state index contributed by atoms with van der Waals surface area (Å²) in [6, 6.07) is 7.13. The van der Waals surface area contributed by atoms with Gasteiger partial charge < -0.3 is 11.5 Å². The monoisotopic (exact) mass is 253 g/mol. The zero-order valence-electron chi connectivity index (χ0n) is 9.95. The van der Waals surface area contributed by atoms with Gasteiger partial charge in [-0.05, 0) is 24.3 Å². The van der Waals surface area contributed by atoms with Crippen LogP contribution in [0.1, 0.15) is 10.4 Å². The highest BCUT2D eigenvalue weighted by molar-refractivity contribution is 5.96. The minimum atomic E-state index is -0.512. The van der Waals surface area contributed by atoms with E-state index < -0.39 is 5.91 Å². The zero-order chi connectivity index (χ0) is 13.4. The van der Waals surface area contributed by atoms with Crippen LogP contribution in [0.4, 0.5) is 5.82 Å². The largest absolute Gasteiger partial charge is 0.385 e. The molecule has 0 aliphatic rings. The summed E-state index contributed by atoms with van der Waals surface area (Å²) in [4.78, 5) is 19.5. The first-order valence-electron chi connectivity index (χ1n) is 5.64. The topological polar surface area (TPSA) is 99.8 Å². The fourth-order valence-corrected chi connectivity index (χ4v) is 2.01. The first-order valence-corrected chi connectivity index (χ1v) is 5.64. The van der Waals surface area contributed by atoms with Crippen LogP contribution >= 0.6 is 0 Å². The molecule has 0 unspecified atom stereocenters. The lowest BCUT2D eigenvalue weighted by atomic mass is 10.2. The summed E-state index contributed by atoms with van der Waals surface area (Å²) in [5.41, 5.74) is 13.1. The van der Waals surface area contributed by atoms with Crippen LogP contribution in [-0.4, -0.2) is 20.4 Å². The summed E-state index contributed by atoms with van der Waals surface area (Å²) < 4.78 is 1.77. The summed E-state index contributed by atoms with van der Waals surface area (Å²) in [5.74, 6) is 0.0132. The molecular formula is C13H11N5O. The summed E-state index contributed by atoms with van der Waals surface area (Å²) in [6.07, 6.45) is 4.82. The van der Waals surface area contributed by atoms with E-state index in [0.29, 0.717) is 17.0 Å². The Kier molecular flexibility index (Phi) is 2.42. The van der Waals surface area contributed by atoms with E-state index in [1.165, 1.54) is 6.20 Å². The van der Waals surface area contributed by atoms with Gasteiger partial charge in [0.1, 0.15) is 11.5 Å². The van der Waals surface area contributed by atoms with Crippen molar-refractivity contribution >= 4 is 22.8 Å². The molecule has 0 aliphatic carbocycles. The number of carbonyl (C=O) groups is 1. The standard InChI is InChI=1S/C13H11N5O/c14-11-5-8-4-9(12(15)19)6-17-13(8)18(11)10-2-1-3-16-7-10/h1-7H,14H2,(H2,15,19). The fourth-order valence-electron chi connectivity index (χ4n) is 2.01. The number of nitrogens with two attached hydrogens (primary N) is 2. The number of pyridine rings is 2. The SMILES string of the molecule is NC(=O)c1cnc2c(c1)cc(N)n2-c1cccnc1. The Morgan fingerprint density at radius 2 is 2.11 bits per heavy atom. The van der Waals surface area contributed by atoms with E-state index in [1.54, 1.807) is 29.1 Å². The number of nitrogen functional groups attached to an aromatic ring is 1. The van der Waals surface area contributed by atoms with E-state index in [0.717, 1.165) is 11.1 Å². The molecule has 3 aromatic heterocycles. The van der Waals surface area contributed by atoms with Gasteiger partial charge in [0.15, 0.2) is 0 Å². The number of aromatic nitrogens is 3. The minimum Gasteiger partial charge on any atom is -0.385 e. The molecule has 3 rings (SSSR count). The third kappa shape index (κ3) is 1.79. The predicted octanol–water partition coefficient (Wildman–Crippen LogP) is 1.10. The van der Waals surface area contributed by atoms with Crippen molar-refractivity contribution in [2.45, 2.75) is 0 Å². The second-order valence-corrected chi connectivity index (χ2v) is 4.12. The van der Waals surface area contributed by atoms with Crippen LogP contribution in [0, 0.1) is 0 Å². The van der Waals surface area contributed by atoms with Crippen molar-refractivity contribution in [3.63, 3.8) is 0 Å². The fraction of sp³-hybridized carbons (Fsp3) is 0. The molecule has 3 aromatic rings. The Morgan fingerprint density at radius 3 is 2.79 bits per heavy atom. The van der Waals surface area contributed by atoms with E-state index in [-0.39, 0.29) is 0 Å². The lowest BCUT2D eigenvalue weighted by Gasteiger charge is -2.06. The van der Waals surface area contributed by atoms with Gasteiger partial charge in [0, 0.05) is 17.8 Å². The predicted molar refractivity (Wildman–Crippen MR) is 71.8 cm³/mol. The maximum Gasteiger partial charge on any atom is 0.250 e. The molecule has 6 heteroatoms. The van der Waals surface area contributed by atoms with Crippen LogP contribution in [0.2, 0.25) is 0 Å². The third-order valence-corrected chi connectivity index (χ3v) is 2.86. The zero-order valence-corrected chi connectivity index (χ0v) is 9.95. The molecule has 3 heterocycles. The first kappa shape index (κ1) is 11.2. The van der Waals surface area contributed by atoms with E-state index in [1.807, 2.05) is 12.1 Å². The normalized spacial score (nSPS) is 10.7. The number of primary amides is 1. The summed E-state index contributed by atoms with van der Waals surface area (Å²) in [5, 5.41) is 0.762. The van der Waals surface area contributed by atoms with E-state index >= 15 is 0 Å². The second kappa shape index (κ2) is 4.09. The van der Waals surface area contributed by atoms with Crippen molar-refractivity contribution in [2.75, 3.05) is 5.73 Å². The Bertz CT molecular complexity index is 763. The van der Waals surface area contributed by atoms with Crippen LogP contribution in [-0.2, 0) is 0 Å². The first-order chi connectivity index (χ1) is 9.16. The highest BCUT2D eigenvalue weighted by atomic mass is 16.1. The van der Waals surface area contributed by atoms with Gasteiger partial charge in [-0.1, -0.05) is 0 Å². The highest BCUT2D eigenvalue weighted by Gasteiger charge is 2.11. The quantitative estimate of drug-likeness (QED) is 0.714. The molecule has 0 saturated heterocycles. The van der Waals surface area contributed by atoms with E-state index in [4.69, 9.17) is 11.5 Å². The van der Waals surface area contributed by atoms with Crippen LogP contribution in [0.3, 0.4) is 0 Å². The maximum atomic E-state index is 11.1. The van der Waals surface area contributed by atoms with Gasteiger partial charge >= 0.3 is 0 Å². The van der Waals surface area contributed by atoms with Crippen molar-refractivity contribution in [1.29, 1.82) is 0 Å². The van der Waals surface area contributed by atoms with Gasteiger partial charge in [0.25, 0.3) is 0 Å². The number of rotatable bonds is 2. The number of nitrogens with zero attached hydrogens (tertiary/aromatic N) is 3. The molecule has 0 bridgehead atoms. The third-order valence-electron chi connectivity index (χ3n) is 2.86. The molecule has 0 fully saturated rings. The second-order valence-electron chi connectivity index (χ2n) is 4.12. The van der Waals surface area contributed by atoms with Crippen molar-refractivity contribution in [1.82, 2.24) is 14.5 Å². The molecule has 0 atom stereocenters. The minimum absolute atomic E-state index is 0.357. The molecule has 0 aliphatic heterocycles. The number of hydrogen-bond donors (Lipinski definition) is 2. The van der Waals surface area contributed by atoms with Gasteiger partial charge in [0.2, 0.25) is 5.91 Å². The molecule has 19 heavy (non-hydrogen) atoms. The van der Waals surface area contributed by atoms with Gasteiger partial charge in [-0.25, -0.2) is 4.98 Å². The summed E-state index contributed by atoms with van der Waals surface area (Å²) in [7, 11) is 0. The van der Waals surface area contributed by atoms with Crippen LogP contribution < -0.4 is 11.5 Å². The number of amides is 1. The number of anilines is 1. The molecule has 1 amide bonds. The highest BCUT2D eigenvalue weighted by Crippen LogP contribution is 2.24. The van der Waals surface area contributed by atoms with Crippen LogP contribution in [0.15, 0.2) is 42.9 Å². The van der Waals surface area contributed by atoms with Gasteiger partial charge in [-0.15, -0.1) is 0 Å². The summed E-state index contributed by atoms with van der Waals surface area (Å²) in [6.45, 7) is 0. The number of carbonyl (C=O) groups excluding carboxylic acids is 1. The maximum absolute atomic E-state index is 11.1. The molecule has 0 spiro atoms. The van der Waals surface area contributed by atoms with Crippen molar-refractivity contribution < 1.29 is 4.79 Å². The molecule has 0 radical (unpaired) electrons. The van der Waals surface area contributed by atoms with Gasteiger partial charge in [-0.2, -0.15) is 0 Å². The van der Waals surface area contributed by atoms with Crippen LogP contribution in [0.25, 0.3) is 16.7 Å². The number of fused-ring (bicyclic) bond motifs is 1. The Balaban J connectivity index is 2.27. The molecule has 94 valence electrons. The Labute approximate surface area is 108 Å². The van der Waals surface area contributed by atoms with E-state index in [2.05, 4.69) is 9.97 Å². The molecule has 6 nitrogen and oxygen atoms in total. The molecule has 4 N–H and O–H groups in total. The van der Waals surface area contributed by atoms with Crippen molar-refractivity contribution in [2.24, 2.45) is 5.73 Å². The molecule has 0 saturated carbocycles. The number of hydrogen-bond acceptors (Lipinski definition) is 4. The molecular weight excluding hydrogens is 242 g/mol.